The van der Waals surface area contributed by atoms with Crippen LogP contribution in [0.4, 0.5) is 10.8 Å². The fourth-order valence-electron chi connectivity index (χ4n) is 3.96. The van der Waals surface area contributed by atoms with E-state index >= 15 is 0 Å². The molecule has 32 heavy (non-hydrogen) atoms. The molecule has 0 bridgehead atoms. The maximum absolute atomic E-state index is 12.8. The van der Waals surface area contributed by atoms with E-state index in [0.717, 1.165) is 36.6 Å². The lowest BCUT2D eigenvalue weighted by molar-refractivity contribution is -0.128. The molecule has 10 heteroatoms. The van der Waals surface area contributed by atoms with Gasteiger partial charge >= 0.3 is 5.97 Å². The minimum absolute atomic E-state index is 0.108. The molecule has 0 unspecified atom stereocenters. The summed E-state index contributed by atoms with van der Waals surface area (Å²) < 4.78 is 10.3. The highest BCUT2D eigenvalue weighted by Crippen LogP contribution is 2.27. The zero-order chi connectivity index (χ0) is 22.7. The molecule has 2 aliphatic rings. The maximum atomic E-state index is 12.8. The molecule has 0 spiro atoms. The van der Waals surface area contributed by atoms with Gasteiger partial charge in [0.1, 0.15) is 5.69 Å². The predicted molar refractivity (Wildman–Crippen MR) is 120 cm³/mol. The van der Waals surface area contributed by atoms with Crippen molar-refractivity contribution < 1.29 is 23.9 Å². The quantitative estimate of drug-likeness (QED) is 0.636. The molecule has 0 aliphatic carbocycles. The number of hydrogen-bond donors (Lipinski definition) is 1. The SMILES string of the molecule is COC(=O)c1cc(CN2CCCC2=O)ccc1NC(=O)c1csc(N2CC[C@H](OC)C2)n1. The number of nitrogens with zero attached hydrogens (tertiary/aromatic N) is 3. The van der Waals surface area contributed by atoms with Crippen LogP contribution >= 0.6 is 11.3 Å². The Morgan fingerprint density at radius 2 is 2.12 bits per heavy atom. The van der Waals surface area contributed by atoms with E-state index in [4.69, 9.17) is 9.47 Å². The Balaban J connectivity index is 1.48. The Labute approximate surface area is 190 Å². The second-order valence-electron chi connectivity index (χ2n) is 7.85. The lowest BCUT2D eigenvalue weighted by Crippen LogP contribution is -2.24. The van der Waals surface area contributed by atoms with Gasteiger partial charge < -0.3 is 24.6 Å². The van der Waals surface area contributed by atoms with Gasteiger partial charge in [-0.05, 0) is 30.5 Å². The van der Waals surface area contributed by atoms with Crippen molar-refractivity contribution in [3.05, 3.63) is 40.4 Å². The number of esters is 1. The van der Waals surface area contributed by atoms with Crippen LogP contribution in [0.2, 0.25) is 0 Å². The van der Waals surface area contributed by atoms with E-state index in [-0.39, 0.29) is 23.3 Å². The Hall–Kier alpha value is -2.98. The Morgan fingerprint density at radius 3 is 2.81 bits per heavy atom. The highest BCUT2D eigenvalue weighted by molar-refractivity contribution is 7.14. The molecule has 0 radical (unpaired) electrons. The lowest BCUT2D eigenvalue weighted by Gasteiger charge is -2.17. The third kappa shape index (κ3) is 4.76. The number of ether oxygens (including phenoxy) is 2. The van der Waals surface area contributed by atoms with Crippen molar-refractivity contribution in [2.24, 2.45) is 0 Å². The molecule has 1 N–H and O–H groups in total. The standard InChI is InChI=1S/C22H26N4O5S/c1-30-15-7-9-26(12-15)22-24-18(13-32-22)20(28)23-17-6-5-14(10-16(17)21(29)31-2)11-25-8-3-4-19(25)27/h5-6,10,13,15H,3-4,7-9,11-12H2,1-2H3,(H,23,28)/t15-/m0/s1. The number of carbonyl (C=O) groups excluding carboxylic acids is 3. The Morgan fingerprint density at radius 1 is 1.28 bits per heavy atom. The summed E-state index contributed by atoms with van der Waals surface area (Å²) in [7, 11) is 2.99. The van der Waals surface area contributed by atoms with E-state index in [1.807, 2.05) is 0 Å². The summed E-state index contributed by atoms with van der Waals surface area (Å²) in [5.74, 6) is -0.852. The summed E-state index contributed by atoms with van der Waals surface area (Å²) in [5, 5.41) is 5.25. The minimum Gasteiger partial charge on any atom is -0.465 e. The average molecular weight is 459 g/mol. The molecule has 1 aromatic carbocycles. The number of methoxy groups -OCH3 is 2. The molecule has 2 fully saturated rings. The number of carbonyl (C=O) groups is 3. The van der Waals surface area contributed by atoms with Gasteiger partial charge in [-0.1, -0.05) is 6.07 Å². The van der Waals surface area contributed by atoms with Crippen LogP contribution in [0.1, 0.15) is 45.7 Å². The van der Waals surface area contributed by atoms with Crippen LogP contribution in [0.5, 0.6) is 0 Å². The van der Waals surface area contributed by atoms with Gasteiger partial charge in [-0.15, -0.1) is 11.3 Å². The van der Waals surface area contributed by atoms with Gasteiger partial charge in [0.05, 0.1) is 24.5 Å². The number of benzene rings is 1. The van der Waals surface area contributed by atoms with Crippen molar-refractivity contribution in [3.8, 4) is 0 Å². The predicted octanol–water partition coefficient (Wildman–Crippen LogP) is 2.53. The van der Waals surface area contributed by atoms with Gasteiger partial charge in [0.25, 0.3) is 5.91 Å². The van der Waals surface area contributed by atoms with Crippen LogP contribution in [0.3, 0.4) is 0 Å². The number of aromatic nitrogens is 1. The first-order valence-corrected chi connectivity index (χ1v) is 11.4. The Kier molecular flexibility index (Phi) is 6.71. The molecule has 2 aliphatic heterocycles. The monoisotopic (exact) mass is 458 g/mol. The normalized spacial score (nSPS) is 18.3. The van der Waals surface area contributed by atoms with Gasteiger partial charge in [0.2, 0.25) is 5.91 Å². The molecular weight excluding hydrogens is 432 g/mol. The first kappa shape index (κ1) is 22.2. The molecule has 2 amide bonds. The first-order valence-electron chi connectivity index (χ1n) is 10.5. The fourth-order valence-corrected chi connectivity index (χ4v) is 4.81. The van der Waals surface area contributed by atoms with Gasteiger partial charge in [-0.25, -0.2) is 9.78 Å². The van der Waals surface area contributed by atoms with Gasteiger partial charge in [-0.3, -0.25) is 9.59 Å². The number of nitrogens with one attached hydrogen (secondary N) is 1. The molecule has 3 heterocycles. The van der Waals surface area contributed by atoms with E-state index in [2.05, 4.69) is 15.2 Å². The summed E-state index contributed by atoms with van der Waals surface area (Å²) in [6, 6.07) is 5.13. The number of hydrogen-bond acceptors (Lipinski definition) is 8. The van der Waals surface area contributed by atoms with Gasteiger partial charge in [-0.2, -0.15) is 0 Å². The largest absolute Gasteiger partial charge is 0.465 e. The smallest absolute Gasteiger partial charge is 0.339 e. The van der Waals surface area contributed by atoms with Crippen molar-refractivity contribution >= 4 is 39.9 Å². The highest BCUT2D eigenvalue weighted by Gasteiger charge is 2.26. The summed E-state index contributed by atoms with van der Waals surface area (Å²) in [4.78, 5) is 45.4. The van der Waals surface area contributed by atoms with E-state index in [0.29, 0.717) is 25.2 Å². The van der Waals surface area contributed by atoms with Gasteiger partial charge in [0, 0.05) is 45.1 Å². The summed E-state index contributed by atoms with van der Waals surface area (Å²) in [5.41, 5.74) is 1.67. The van der Waals surface area contributed by atoms with Crippen molar-refractivity contribution in [1.29, 1.82) is 0 Å². The number of rotatable bonds is 7. The molecule has 1 atom stereocenters. The maximum Gasteiger partial charge on any atom is 0.339 e. The summed E-state index contributed by atoms with van der Waals surface area (Å²) in [6.45, 7) is 2.71. The van der Waals surface area contributed by atoms with Gasteiger partial charge in [0.15, 0.2) is 5.13 Å². The van der Waals surface area contributed by atoms with Crippen molar-refractivity contribution in [1.82, 2.24) is 9.88 Å². The number of thiazole rings is 1. The molecule has 0 saturated carbocycles. The van der Waals surface area contributed by atoms with Crippen molar-refractivity contribution in [2.75, 3.05) is 44.1 Å². The minimum atomic E-state index is -0.559. The van der Waals surface area contributed by atoms with Crippen LogP contribution in [0, 0.1) is 0 Å². The summed E-state index contributed by atoms with van der Waals surface area (Å²) in [6.07, 6.45) is 2.50. The molecule has 2 aromatic rings. The van der Waals surface area contributed by atoms with Crippen LogP contribution in [-0.2, 0) is 20.8 Å². The molecule has 170 valence electrons. The van der Waals surface area contributed by atoms with E-state index in [9.17, 15) is 14.4 Å². The molecule has 4 rings (SSSR count). The van der Waals surface area contributed by atoms with Crippen LogP contribution < -0.4 is 10.2 Å². The number of likely N-dealkylation sites (tertiary alicyclic amines) is 1. The van der Waals surface area contributed by atoms with Crippen LogP contribution in [0.25, 0.3) is 0 Å². The first-order chi connectivity index (χ1) is 15.5. The van der Waals surface area contributed by atoms with E-state index < -0.39 is 11.9 Å². The summed E-state index contributed by atoms with van der Waals surface area (Å²) >= 11 is 1.40. The zero-order valence-corrected chi connectivity index (χ0v) is 18.9. The second kappa shape index (κ2) is 9.66. The molecule has 9 nitrogen and oxygen atoms in total. The molecule has 2 saturated heterocycles. The molecule has 1 aromatic heterocycles. The zero-order valence-electron chi connectivity index (χ0n) is 18.1. The van der Waals surface area contributed by atoms with Crippen molar-refractivity contribution in [2.45, 2.75) is 31.9 Å². The van der Waals surface area contributed by atoms with Crippen LogP contribution in [-0.4, -0.2) is 67.6 Å². The van der Waals surface area contributed by atoms with Crippen molar-refractivity contribution in [3.63, 3.8) is 0 Å². The fraction of sp³-hybridized carbons (Fsp3) is 0.455. The molecular formula is C22H26N4O5S. The third-order valence-electron chi connectivity index (χ3n) is 5.76. The number of amides is 2. The van der Waals surface area contributed by atoms with E-state index in [1.54, 1.807) is 35.6 Å². The second-order valence-corrected chi connectivity index (χ2v) is 8.69. The lowest BCUT2D eigenvalue weighted by atomic mass is 10.1. The van der Waals surface area contributed by atoms with Crippen LogP contribution in [0.15, 0.2) is 23.6 Å². The average Bonchev–Trinajstić information content (AvgIpc) is 3.55. The Bertz CT molecular complexity index is 1020. The third-order valence-corrected chi connectivity index (χ3v) is 6.66. The highest BCUT2D eigenvalue weighted by atomic mass is 32.1. The van der Waals surface area contributed by atoms with E-state index in [1.165, 1.54) is 18.4 Å². The topological polar surface area (TPSA) is 101 Å². The number of anilines is 2.